The van der Waals surface area contributed by atoms with E-state index in [9.17, 15) is 0 Å². The maximum absolute atomic E-state index is 5.45. The molecule has 0 radical (unpaired) electrons. The second kappa shape index (κ2) is 6.82. The Balaban J connectivity index is 2.01. The number of nitrogens with zero attached hydrogens (tertiary/aromatic N) is 3. The first-order valence-corrected chi connectivity index (χ1v) is 6.20. The van der Waals surface area contributed by atoms with E-state index >= 15 is 0 Å². The second-order valence-electron chi connectivity index (χ2n) is 4.25. The van der Waals surface area contributed by atoms with Gasteiger partial charge in [0, 0.05) is 13.1 Å². The monoisotopic (exact) mass is 258 g/mol. The Morgan fingerprint density at radius 3 is 2.68 bits per heavy atom. The van der Waals surface area contributed by atoms with E-state index < -0.39 is 0 Å². The summed E-state index contributed by atoms with van der Waals surface area (Å²) in [6.07, 6.45) is 1.87. The summed E-state index contributed by atoms with van der Waals surface area (Å²) < 4.78 is 5.00. The maximum Gasteiger partial charge on any atom is 0.240 e. The molecule has 0 saturated carbocycles. The van der Waals surface area contributed by atoms with Gasteiger partial charge in [0.1, 0.15) is 0 Å². The fourth-order valence-corrected chi connectivity index (χ4v) is 1.85. The molecule has 100 valence electrons. The van der Waals surface area contributed by atoms with E-state index in [2.05, 4.69) is 33.8 Å². The molecule has 19 heavy (non-hydrogen) atoms. The standard InChI is InChI=1S/C14H18N4O/c1-2-8-18(10-12-6-4-3-5-7-12)11-13-16-14(9-15)19-17-13/h2-7H,1,8-11,15H2. The van der Waals surface area contributed by atoms with Crippen LogP contribution < -0.4 is 5.73 Å². The Labute approximate surface area is 112 Å². The Hall–Kier alpha value is -1.98. The van der Waals surface area contributed by atoms with E-state index in [1.54, 1.807) is 0 Å². The molecule has 2 rings (SSSR count). The highest BCUT2D eigenvalue weighted by Gasteiger charge is 2.10. The van der Waals surface area contributed by atoms with Crippen molar-refractivity contribution in [3.63, 3.8) is 0 Å². The number of hydrogen-bond acceptors (Lipinski definition) is 5. The molecule has 0 fully saturated rings. The van der Waals surface area contributed by atoms with Crippen LogP contribution in [0.25, 0.3) is 0 Å². The highest BCUT2D eigenvalue weighted by molar-refractivity contribution is 5.14. The van der Waals surface area contributed by atoms with Crippen LogP contribution in [0.15, 0.2) is 47.5 Å². The fourth-order valence-electron chi connectivity index (χ4n) is 1.85. The molecule has 0 aliphatic rings. The van der Waals surface area contributed by atoms with E-state index in [1.807, 2.05) is 24.3 Å². The highest BCUT2D eigenvalue weighted by Crippen LogP contribution is 2.08. The third kappa shape index (κ3) is 4.01. The molecule has 0 atom stereocenters. The normalized spacial score (nSPS) is 10.8. The van der Waals surface area contributed by atoms with Crippen molar-refractivity contribution >= 4 is 0 Å². The van der Waals surface area contributed by atoms with Crippen molar-refractivity contribution in [2.45, 2.75) is 19.6 Å². The molecule has 0 aliphatic heterocycles. The molecule has 2 N–H and O–H groups in total. The van der Waals surface area contributed by atoms with Crippen molar-refractivity contribution in [1.29, 1.82) is 0 Å². The summed E-state index contributed by atoms with van der Waals surface area (Å²) in [5.74, 6) is 1.12. The smallest absolute Gasteiger partial charge is 0.240 e. The van der Waals surface area contributed by atoms with Crippen LogP contribution in [0.2, 0.25) is 0 Å². The highest BCUT2D eigenvalue weighted by atomic mass is 16.5. The van der Waals surface area contributed by atoms with Crippen molar-refractivity contribution in [2.24, 2.45) is 5.73 Å². The quantitative estimate of drug-likeness (QED) is 0.766. The maximum atomic E-state index is 5.45. The van der Waals surface area contributed by atoms with Crippen LogP contribution in [0.1, 0.15) is 17.3 Å². The van der Waals surface area contributed by atoms with Gasteiger partial charge in [-0.3, -0.25) is 4.90 Å². The van der Waals surface area contributed by atoms with Crippen molar-refractivity contribution in [2.75, 3.05) is 6.54 Å². The van der Waals surface area contributed by atoms with Gasteiger partial charge in [-0.2, -0.15) is 4.98 Å². The van der Waals surface area contributed by atoms with Gasteiger partial charge < -0.3 is 10.3 Å². The molecular weight excluding hydrogens is 240 g/mol. The van der Waals surface area contributed by atoms with Gasteiger partial charge in [-0.25, -0.2) is 0 Å². The van der Waals surface area contributed by atoms with Gasteiger partial charge in [-0.15, -0.1) is 6.58 Å². The minimum absolute atomic E-state index is 0.271. The summed E-state index contributed by atoms with van der Waals surface area (Å²) >= 11 is 0. The Morgan fingerprint density at radius 1 is 1.26 bits per heavy atom. The van der Waals surface area contributed by atoms with Crippen LogP contribution in [-0.2, 0) is 19.6 Å². The van der Waals surface area contributed by atoms with Crippen molar-refractivity contribution in [3.05, 3.63) is 60.3 Å². The van der Waals surface area contributed by atoms with Crippen LogP contribution >= 0.6 is 0 Å². The average molecular weight is 258 g/mol. The zero-order valence-electron chi connectivity index (χ0n) is 10.8. The van der Waals surface area contributed by atoms with Gasteiger partial charge in [-0.1, -0.05) is 41.6 Å². The van der Waals surface area contributed by atoms with Crippen molar-refractivity contribution < 1.29 is 4.52 Å². The molecular formula is C14H18N4O. The van der Waals surface area contributed by atoms with Crippen LogP contribution in [0.4, 0.5) is 0 Å². The first-order valence-electron chi connectivity index (χ1n) is 6.20. The van der Waals surface area contributed by atoms with E-state index in [0.29, 0.717) is 18.3 Å². The van der Waals surface area contributed by atoms with Gasteiger partial charge in [0.2, 0.25) is 5.89 Å². The zero-order valence-corrected chi connectivity index (χ0v) is 10.8. The molecule has 2 aromatic rings. The molecule has 0 spiro atoms. The lowest BCUT2D eigenvalue weighted by atomic mass is 10.2. The fraction of sp³-hybridized carbons (Fsp3) is 0.286. The van der Waals surface area contributed by atoms with Crippen LogP contribution in [-0.4, -0.2) is 21.6 Å². The third-order valence-corrected chi connectivity index (χ3v) is 2.69. The summed E-state index contributed by atoms with van der Waals surface area (Å²) in [4.78, 5) is 6.40. The lowest BCUT2D eigenvalue weighted by Crippen LogP contribution is -2.23. The summed E-state index contributed by atoms with van der Waals surface area (Å²) in [6, 6.07) is 10.3. The summed E-state index contributed by atoms with van der Waals surface area (Å²) in [5, 5.41) is 3.91. The lowest BCUT2D eigenvalue weighted by Gasteiger charge is -2.18. The van der Waals surface area contributed by atoms with Crippen molar-refractivity contribution in [3.8, 4) is 0 Å². The number of nitrogens with two attached hydrogens (primary N) is 1. The van der Waals surface area contributed by atoms with Crippen molar-refractivity contribution in [1.82, 2.24) is 15.0 Å². The van der Waals surface area contributed by atoms with Gasteiger partial charge in [0.05, 0.1) is 13.1 Å². The minimum atomic E-state index is 0.271. The first-order chi connectivity index (χ1) is 9.31. The summed E-state index contributed by atoms with van der Waals surface area (Å²) in [5.41, 5.74) is 6.69. The van der Waals surface area contributed by atoms with Crippen LogP contribution in [0.3, 0.4) is 0 Å². The molecule has 5 heteroatoms. The minimum Gasteiger partial charge on any atom is -0.338 e. The van der Waals surface area contributed by atoms with Crippen LogP contribution in [0, 0.1) is 0 Å². The topological polar surface area (TPSA) is 68.2 Å². The third-order valence-electron chi connectivity index (χ3n) is 2.69. The molecule has 0 saturated heterocycles. The van der Waals surface area contributed by atoms with Gasteiger partial charge in [0.15, 0.2) is 5.82 Å². The van der Waals surface area contributed by atoms with E-state index in [1.165, 1.54) is 5.56 Å². The summed E-state index contributed by atoms with van der Waals surface area (Å²) in [7, 11) is 0. The molecule has 1 heterocycles. The van der Waals surface area contributed by atoms with Gasteiger partial charge in [0.25, 0.3) is 0 Å². The molecule has 0 unspecified atom stereocenters. The van der Waals surface area contributed by atoms with Gasteiger partial charge >= 0.3 is 0 Å². The van der Waals surface area contributed by atoms with E-state index in [4.69, 9.17) is 10.3 Å². The molecule has 5 nitrogen and oxygen atoms in total. The number of rotatable bonds is 7. The predicted molar refractivity (Wildman–Crippen MR) is 72.9 cm³/mol. The first kappa shape index (κ1) is 13.5. The molecule has 0 bridgehead atoms. The molecule has 0 aliphatic carbocycles. The molecule has 1 aromatic carbocycles. The second-order valence-corrected chi connectivity index (χ2v) is 4.25. The average Bonchev–Trinajstić information content (AvgIpc) is 2.88. The molecule has 0 amide bonds. The largest absolute Gasteiger partial charge is 0.338 e. The predicted octanol–water partition coefficient (Wildman–Crippen LogP) is 1.72. The Bertz CT molecular complexity index is 509. The Morgan fingerprint density at radius 2 is 2.05 bits per heavy atom. The van der Waals surface area contributed by atoms with E-state index in [-0.39, 0.29) is 6.54 Å². The van der Waals surface area contributed by atoms with Gasteiger partial charge in [-0.05, 0) is 5.56 Å². The van der Waals surface area contributed by atoms with E-state index in [0.717, 1.165) is 13.1 Å². The SMILES string of the molecule is C=CCN(Cc1ccccc1)Cc1noc(CN)n1. The lowest BCUT2D eigenvalue weighted by molar-refractivity contribution is 0.272. The molecule has 1 aromatic heterocycles. The number of benzene rings is 1. The zero-order chi connectivity index (χ0) is 13.5. The Kier molecular flexibility index (Phi) is 4.83. The summed E-state index contributed by atoms with van der Waals surface area (Å²) in [6.45, 7) is 6.25. The number of aromatic nitrogens is 2. The van der Waals surface area contributed by atoms with Crippen LogP contribution in [0.5, 0.6) is 0 Å². The number of hydrogen-bond donors (Lipinski definition) is 1.